The van der Waals surface area contributed by atoms with Crippen molar-refractivity contribution in [1.82, 2.24) is 0 Å². The first-order chi connectivity index (χ1) is 8.92. The largest absolute Gasteiger partial charge is 0.444 e. The van der Waals surface area contributed by atoms with Gasteiger partial charge >= 0.3 is 6.09 Å². The molecule has 5 nitrogen and oxygen atoms in total. The Kier molecular flexibility index (Phi) is 3.95. The molecule has 0 spiro atoms. The van der Waals surface area contributed by atoms with Crippen molar-refractivity contribution < 1.29 is 14.3 Å². The standard InChI is InChI=1S/C14H20N2O3/c1-14(2,3)19-13(17)16-11-6-4-5-10(7-11)15-12-8-18-9-12/h4-7,12,15H,8-9H2,1-3H3,(H,16,17). The molecule has 2 N–H and O–H groups in total. The van der Waals surface area contributed by atoms with E-state index in [1.165, 1.54) is 0 Å². The molecule has 1 aliphatic rings. The summed E-state index contributed by atoms with van der Waals surface area (Å²) in [6.45, 7) is 6.96. The van der Waals surface area contributed by atoms with E-state index in [2.05, 4.69) is 10.6 Å². The zero-order valence-electron chi connectivity index (χ0n) is 11.5. The van der Waals surface area contributed by atoms with Gasteiger partial charge in [-0.15, -0.1) is 0 Å². The molecule has 1 amide bonds. The number of carbonyl (C=O) groups is 1. The molecule has 0 bridgehead atoms. The highest BCUT2D eigenvalue weighted by atomic mass is 16.6. The van der Waals surface area contributed by atoms with E-state index in [1.807, 2.05) is 45.0 Å². The Morgan fingerprint density at radius 3 is 2.58 bits per heavy atom. The second-order valence-electron chi connectivity index (χ2n) is 5.59. The number of amides is 1. The topological polar surface area (TPSA) is 59.6 Å². The lowest BCUT2D eigenvalue weighted by atomic mass is 10.2. The highest BCUT2D eigenvalue weighted by Gasteiger charge is 2.18. The first-order valence-corrected chi connectivity index (χ1v) is 6.37. The maximum absolute atomic E-state index is 11.7. The van der Waals surface area contributed by atoms with Crippen LogP contribution >= 0.6 is 0 Å². The van der Waals surface area contributed by atoms with Gasteiger partial charge in [-0.2, -0.15) is 0 Å². The first kappa shape index (κ1) is 13.7. The fourth-order valence-electron chi connectivity index (χ4n) is 1.66. The van der Waals surface area contributed by atoms with E-state index in [4.69, 9.17) is 9.47 Å². The lowest BCUT2D eigenvalue weighted by molar-refractivity contribution is 0.0211. The molecule has 2 rings (SSSR count). The molecule has 0 radical (unpaired) electrons. The Morgan fingerprint density at radius 1 is 1.32 bits per heavy atom. The number of benzene rings is 1. The molecule has 1 saturated heterocycles. The number of carbonyl (C=O) groups excluding carboxylic acids is 1. The van der Waals surface area contributed by atoms with Gasteiger partial charge in [0.25, 0.3) is 0 Å². The van der Waals surface area contributed by atoms with E-state index in [0.717, 1.165) is 18.9 Å². The molecule has 1 aromatic rings. The number of nitrogens with one attached hydrogen (secondary N) is 2. The third kappa shape index (κ3) is 4.44. The monoisotopic (exact) mass is 264 g/mol. The zero-order valence-corrected chi connectivity index (χ0v) is 11.5. The average molecular weight is 264 g/mol. The van der Waals surface area contributed by atoms with E-state index in [-0.39, 0.29) is 0 Å². The van der Waals surface area contributed by atoms with Gasteiger partial charge in [0.1, 0.15) is 5.60 Å². The van der Waals surface area contributed by atoms with Crippen LogP contribution in [-0.4, -0.2) is 30.9 Å². The lowest BCUT2D eigenvalue weighted by Gasteiger charge is -2.28. The SMILES string of the molecule is CC(C)(C)OC(=O)Nc1cccc(NC2COC2)c1. The van der Waals surface area contributed by atoms with Gasteiger partial charge in [-0.1, -0.05) is 6.07 Å². The Balaban J connectivity index is 1.92. The van der Waals surface area contributed by atoms with Crippen LogP contribution < -0.4 is 10.6 Å². The number of hydrogen-bond donors (Lipinski definition) is 2. The molecule has 0 saturated carbocycles. The lowest BCUT2D eigenvalue weighted by Crippen LogP contribution is -2.40. The highest BCUT2D eigenvalue weighted by Crippen LogP contribution is 2.18. The molecule has 1 fully saturated rings. The van der Waals surface area contributed by atoms with Crippen molar-refractivity contribution in [3.05, 3.63) is 24.3 Å². The minimum Gasteiger partial charge on any atom is -0.444 e. The van der Waals surface area contributed by atoms with Crippen LogP contribution in [0.5, 0.6) is 0 Å². The first-order valence-electron chi connectivity index (χ1n) is 6.37. The van der Waals surface area contributed by atoms with Crippen LogP contribution in [0.3, 0.4) is 0 Å². The van der Waals surface area contributed by atoms with Gasteiger partial charge in [-0.3, -0.25) is 5.32 Å². The van der Waals surface area contributed by atoms with Crippen molar-refractivity contribution in [1.29, 1.82) is 0 Å². The summed E-state index contributed by atoms with van der Waals surface area (Å²) >= 11 is 0. The van der Waals surface area contributed by atoms with Gasteiger partial charge in [0, 0.05) is 11.4 Å². The summed E-state index contributed by atoms with van der Waals surface area (Å²) in [6, 6.07) is 7.90. The molecule has 0 atom stereocenters. The van der Waals surface area contributed by atoms with E-state index >= 15 is 0 Å². The summed E-state index contributed by atoms with van der Waals surface area (Å²) in [4.78, 5) is 11.7. The molecule has 0 unspecified atom stereocenters. The van der Waals surface area contributed by atoms with E-state index in [0.29, 0.717) is 11.7 Å². The van der Waals surface area contributed by atoms with Gasteiger partial charge in [0.05, 0.1) is 19.3 Å². The third-order valence-electron chi connectivity index (χ3n) is 2.52. The third-order valence-corrected chi connectivity index (χ3v) is 2.52. The Morgan fingerprint density at radius 2 is 2.00 bits per heavy atom. The molecule has 1 aromatic carbocycles. The van der Waals surface area contributed by atoms with Gasteiger partial charge in [0.15, 0.2) is 0 Å². The second-order valence-corrected chi connectivity index (χ2v) is 5.59. The van der Waals surface area contributed by atoms with Gasteiger partial charge < -0.3 is 14.8 Å². The summed E-state index contributed by atoms with van der Waals surface area (Å²) in [6.07, 6.45) is -0.448. The van der Waals surface area contributed by atoms with Crippen LogP contribution in [0.4, 0.5) is 16.2 Å². The second kappa shape index (κ2) is 5.48. The summed E-state index contributed by atoms with van der Waals surface area (Å²) in [7, 11) is 0. The molecular weight excluding hydrogens is 244 g/mol. The fourth-order valence-corrected chi connectivity index (χ4v) is 1.66. The van der Waals surface area contributed by atoms with Crippen LogP contribution in [0.25, 0.3) is 0 Å². The van der Waals surface area contributed by atoms with E-state index in [1.54, 1.807) is 0 Å². The van der Waals surface area contributed by atoms with E-state index in [9.17, 15) is 4.79 Å². The van der Waals surface area contributed by atoms with Crippen molar-refractivity contribution in [3.63, 3.8) is 0 Å². The molecule has 1 heterocycles. The Bertz CT molecular complexity index is 450. The van der Waals surface area contributed by atoms with Crippen molar-refractivity contribution >= 4 is 17.5 Å². The van der Waals surface area contributed by atoms with Crippen LogP contribution in [0.2, 0.25) is 0 Å². The quantitative estimate of drug-likeness (QED) is 0.881. The maximum atomic E-state index is 11.7. The van der Waals surface area contributed by atoms with Crippen molar-refractivity contribution in [2.45, 2.75) is 32.4 Å². The van der Waals surface area contributed by atoms with Gasteiger partial charge in [0.2, 0.25) is 0 Å². The van der Waals surface area contributed by atoms with Gasteiger partial charge in [-0.25, -0.2) is 4.79 Å². The van der Waals surface area contributed by atoms with Crippen molar-refractivity contribution in [3.8, 4) is 0 Å². The number of rotatable bonds is 3. The van der Waals surface area contributed by atoms with Crippen LogP contribution in [0.15, 0.2) is 24.3 Å². The van der Waals surface area contributed by atoms with Crippen LogP contribution in [0.1, 0.15) is 20.8 Å². The maximum Gasteiger partial charge on any atom is 0.412 e. The minimum absolute atomic E-state index is 0.358. The van der Waals surface area contributed by atoms with Gasteiger partial charge in [-0.05, 0) is 39.0 Å². The normalized spacial score (nSPS) is 15.5. The minimum atomic E-state index is -0.497. The van der Waals surface area contributed by atoms with E-state index < -0.39 is 11.7 Å². The summed E-state index contributed by atoms with van der Waals surface area (Å²) in [5.41, 5.74) is 1.17. The van der Waals surface area contributed by atoms with Crippen molar-refractivity contribution in [2.75, 3.05) is 23.8 Å². The number of ether oxygens (including phenoxy) is 2. The predicted molar refractivity (Wildman–Crippen MR) is 74.5 cm³/mol. The smallest absolute Gasteiger partial charge is 0.412 e. The fraction of sp³-hybridized carbons (Fsp3) is 0.500. The van der Waals surface area contributed by atoms with Crippen LogP contribution in [0, 0.1) is 0 Å². The molecular formula is C14H20N2O3. The summed E-state index contributed by atoms with van der Waals surface area (Å²) < 4.78 is 10.3. The Hall–Kier alpha value is -1.75. The summed E-state index contributed by atoms with van der Waals surface area (Å²) in [5.74, 6) is 0. The Labute approximate surface area is 113 Å². The molecule has 104 valence electrons. The molecule has 5 heteroatoms. The molecule has 0 aromatic heterocycles. The highest BCUT2D eigenvalue weighted by molar-refractivity contribution is 5.85. The van der Waals surface area contributed by atoms with Crippen molar-refractivity contribution in [2.24, 2.45) is 0 Å². The number of anilines is 2. The molecule has 0 aliphatic carbocycles. The molecule has 1 aliphatic heterocycles. The predicted octanol–water partition coefficient (Wildman–Crippen LogP) is 2.84. The van der Waals surface area contributed by atoms with Crippen LogP contribution in [-0.2, 0) is 9.47 Å². The summed E-state index contributed by atoms with van der Waals surface area (Å²) in [5, 5.41) is 6.04. The zero-order chi connectivity index (χ0) is 13.9. The number of hydrogen-bond acceptors (Lipinski definition) is 4. The average Bonchev–Trinajstić information content (AvgIpc) is 2.21. The molecule has 19 heavy (non-hydrogen) atoms.